The van der Waals surface area contributed by atoms with E-state index in [-0.39, 0.29) is 18.0 Å². The number of rotatable bonds is 6. The van der Waals surface area contributed by atoms with Gasteiger partial charge >= 0.3 is 0 Å². The molecule has 0 unspecified atom stereocenters. The molecule has 2 atom stereocenters. The quantitative estimate of drug-likeness (QED) is 0.618. The first-order chi connectivity index (χ1) is 14.1. The van der Waals surface area contributed by atoms with Gasteiger partial charge in [-0.3, -0.25) is 4.79 Å². The zero-order valence-corrected chi connectivity index (χ0v) is 17.5. The van der Waals surface area contributed by atoms with Crippen molar-refractivity contribution in [2.75, 3.05) is 14.2 Å². The third-order valence-corrected chi connectivity index (χ3v) is 6.08. The van der Waals surface area contributed by atoms with Gasteiger partial charge in [0.1, 0.15) is 11.5 Å². The van der Waals surface area contributed by atoms with Crippen LogP contribution in [-0.4, -0.2) is 36.1 Å². The van der Waals surface area contributed by atoms with E-state index in [1.54, 1.807) is 14.2 Å². The molecule has 0 radical (unpaired) electrons. The lowest BCUT2D eigenvalue weighted by molar-refractivity contribution is -0.131. The smallest absolute Gasteiger partial charge is 0.223 e. The number of likely N-dealkylation sites (tertiary alicyclic amines) is 1. The third kappa shape index (κ3) is 3.24. The van der Waals surface area contributed by atoms with Crippen molar-refractivity contribution < 1.29 is 14.3 Å². The fourth-order valence-electron chi connectivity index (χ4n) is 4.47. The molecule has 1 fully saturated rings. The first-order valence-corrected chi connectivity index (χ1v) is 10.2. The number of hydrogen-bond donors (Lipinski definition) is 1. The van der Waals surface area contributed by atoms with E-state index in [9.17, 15) is 4.79 Å². The zero-order chi connectivity index (χ0) is 20.5. The van der Waals surface area contributed by atoms with Crippen LogP contribution in [0.2, 0.25) is 0 Å². The molecule has 152 valence electrons. The molecule has 0 aliphatic carbocycles. The van der Waals surface area contributed by atoms with Crippen molar-refractivity contribution in [3.05, 3.63) is 48.0 Å². The van der Waals surface area contributed by atoms with E-state index in [0.29, 0.717) is 6.42 Å². The number of nitrogens with zero attached hydrogens (tertiary/aromatic N) is 1. The second-order valence-corrected chi connectivity index (χ2v) is 7.64. The normalized spacial score (nSPS) is 17.7. The number of para-hydroxylation sites is 1. The number of amides is 1. The summed E-state index contributed by atoms with van der Waals surface area (Å²) in [6, 6.07) is 14.4. The molecule has 1 aliphatic rings. The van der Waals surface area contributed by atoms with E-state index in [2.05, 4.69) is 41.9 Å². The minimum absolute atomic E-state index is 0.0412. The second-order valence-electron chi connectivity index (χ2n) is 7.64. The maximum absolute atomic E-state index is 12.8. The molecule has 1 N–H and O–H groups in total. The average molecular weight is 392 g/mol. The first-order valence-electron chi connectivity index (χ1n) is 10.2. The Kier molecular flexibility index (Phi) is 5.22. The highest BCUT2D eigenvalue weighted by molar-refractivity contribution is 5.94. The molecule has 1 aromatic heterocycles. The van der Waals surface area contributed by atoms with Gasteiger partial charge in [-0.25, -0.2) is 0 Å². The zero-order valence-electron chi connectivity index (χ0n) is 17.5. The van der Waals surface area contributed by atoms with Gasteiger partial charge < -0.3 is 19.4 Å². The van der Waals surface area contributed by atoms with Crippen LogP contribution >= 0.6 is 0 Å². The summed E-state index contributed by atoms with van der Waals surface area (Å²) >= 11 is 0. The molecule has 1 aliphatic heterocycles. The first kappa shape index (κ1) is 19.4. The highest BCUT2D eigenvalue weighted by atomic mass is 16.5. The third-order valence-electron chi connectivity index (χ3n) is 6.08. The largest absolute Gasteiger partial charge is 0.497 e. The molecule has 2 aromatic carbocycles. The van der Waals surface area contributed by atoms with Gasteiger partial charge in [0.05, 0.1) is 26.0 Å². The van der Waals surface area contributed by atoms with Crippen LogP contribution in [0.15, 0.2) is 42.5 Å². The predicted molar refractivity (Wildman–Crippen MR) is 115 cm³/mol. The Morgan fingerprint density at radius 1 is 1.17 bits per heavy atom. The molecule has 1 saturated heterocycles. The molecule has 0 spiro atoms. The van der Waals surface area contributed by atoms with E-state index >= 15 is 0 Å². The van der Waals surface area contributed by atoms with Crippen molar-refractivity contribution in [2.45, 2.75) is 45.2 Å². The molecule has 0 saturated carbocycles. The number of carbonyl (C=O) groups excluding carboxylic acids is 1. The van der Waals surface area contributed by atoms with Crippen LogP contribution in [0.5, 0.6) is 11.5 Å². The van der Waals surface area contributed by atoms with E-state index in [0.717, 1.165) is 46.5 Å². The van der Waals surface area contributed by atoms with Crippen molar-refractivity contribution in [3.8, 4) is 22.8 Å². The van der Waals surface area contributed by atoms with Crippen molar-refractivity contribution in [1.82, 2.24) is 9.88 Å². The Bertz CT molecular complexity index is 1040. The summed E-state index contributed by atoms with van der Waals surface area (Å²) in [5.41, 5.74) is 4.17. The summed E-state index contributed by atoms with van der Waals surface area (Å²) in [6.45, 7) is 4.27. The summed E-state index contributed by atoms with van der Waals surface area (Å²) in [4.78, 5) is 18.4. The fourth-order valence-corrected chi connectivity index (χ4v) is 4.47. The number of carbonyl (C=O) groups is 1. The van der Waals surface area contributed by atoms with Crippen molar-refractivity contribution in [2.24, 2.45) is 0 Å². The molecule has 0 bridgehead atoms. The molecule has 5 heteroatoms. The van der Waals surface area contributed by atoms with Crippen molar-refractivity contribution in [1.29, 1.82) is 0 Å². The monoisotopic (exact) mass is 392 g/mol. The van der Waals surface area contributed by atoms with Gasteiger partial charge in [-0.05, 0) is 44.0 Å². The van der Waals surface area contributed by atoms with E-state index < -0.39 is 0 Å². The minimum Gasteiger partial charge on any atom is -0.497 e. The molecule has 5 nitrogen and oxygen atoms in total. The molecule has 2 heterocycles. The van der Waals surface area contributed by atoms with Crippen LogP contribution in [0, 0.1) is 0 Å². The molecule has 3 aromatic rings. The highest BCUT2D eigenvalue weighted by Gasteiger charge is 2.38. The number of aromatic nitrogens is 1. The number of fused-ring (bicyclic) bond motifs is 1. The maximum atomic E-state index is 12.8. The van der Waals surface area contributed by atoms with Gasteiger partial charge in [-0.2, -0.15) is 0 Å². The molecular weight excluding hydrogens is 364 g/mol. The lowest BCUT2D eigenvalue weighted by Crippen LogP contribution is -2.35. The maximum Gasteiger partial charge on any atom is 0.223 e. The van der Waals surface area contributed by atoms with Crippen molar-refractivity contribution in [3.63, 3.8) is 0 Å². The summed E-state index contributed by atoms with van der Waals surface area (Å²) in [5.74, 6) is 1.78. The van der Waals surface area contributed by atoms with Gasteiger partial charge in [0.15, 0.2) is 0 Å². The average Bonchev–Trinajstić information content (AvgIpc) is 3.32. The number of aromatic amines is 1. The second kappa shape index (κ2) is 7.82. The lowest BCUT2D eigenvalue weighted by Gasteiger charge is -2.31. The van der Waals surface area contributed by atoms with Gasteiger partial charge in [0.2, 0.25) is 5.91 Å². The van der Waals surface area contributed by atoms with Crippen LogP contribution in [0.4, 0.5) is 0 Å². The molecule has 1 amide bonds. The summed E-state index contributed by atoms with van der Waals surface area (Å²) in [6.07, 6.45) is 2.34. The Hall–Kier alpha value is -2.95. The van der Waals surface area contributed by atoms with Gasteiger partial charge in [0, 0.05) is 34.5 Å². The van der Waals surface area contributed by atoms with Gasteiger partial charge in [-0.1, -0.05) is 25.1 Å². The Morgan fingerprint density at radius 3 is 2.69 bits per heavy atom. The van der Waals surface area contributed by atoms with Crippen LogP contribution in [0.3, 0.4) is 0 Å². The minimum atomic E-state index is 0.0412. The lowest BCUT2D eigenvalue weighted by atomic mass is 9.95. The number of benzene rings is 2. The van der Waals surface area contributed by atoms with Gasteiger partial charge in [0.25, 0.3) is 0 Å². The number of ether oxygens (including phenoxy) is 2. The Balaban J connectivity index is 1.97. The number of H-pyrrole nitrogens is 1. The molecular formula is C24H28N2O3. The topological polar surface area (TPSA) is 54.6 Å². The van der Waals surface area contributed by atoms with Gasteiger partial charge in [-0.15, -0.1) is 0 Å². The van der Waals surface area contributed by atoms with Crippen LogP contribution in [-0.2, 0) is 4.79 Å². The van der Waals surface area contributed by atoms with E-state index in [1.807, 2.05) is 24.3 Å². The summed E-state index contributed by atoms with van der Waals surface area (Å²) < 4.78 is 11.1. The standard InChI is InChI=1S/C24H28N2O3/c1-5-15(2)26-20(11-13-22(26)27)23-17-8-6-7-9-19(17)25-24(23)18-14-16(28-3)10-12-21(18)29-4/h6-10,12,14-15,20,25H,5,11,13H2,1-4H3/t15-,20-/m0/s1. The number of nitrogens with one attached hydrogen (secondary N) is 1. The molecule has 4 rings (SSSR count). The number of methoxy groups -OCH3 is 2. The van der Waals surface area contributed by atoms with Crippen molar-refractivity contribution >= 4 is 16.8 Å². The highest BCUT2D eigenvalue weighted by Crippen LogP contribution is 2.46. The summed E-state index contributed by atoms with van der Waals surface area (Å²) in [5, 5.41) is 1.15. The predicted octanol–water partition coefficient (Wildman–Crippen LogP) is 5.31. The fraction of sp³-hybridized carbons (Fsp3) is 0.375. The number of hydrogen-bond acceptors (Lipinski definition) is 3. The van der Waals surface area contributed by atoms with Crippen LogP contribution < -0.4 is 9.47 Å². The Labute approximate surface area is 171 Å². The molecule has 29 heavy (non-hydrogen) atoms. The van der Waals surface area contributed by atoms with Crippen LogP contribution in [0.1, 0.15) is 44.7 Å². The summed E-state index contributed by atoms with van der Waals surface area (Å²) in [7, 11) is 3.34. The SMILES string of the molecule is CC[C@H](C)N1C(=O)CC[C@H]1c1c(-c2cc(OC)ccc2OC)[nH]c2ccccc12. The van der Waals surface area contributed by atoms with Crippen LogP contribution in [0.25, 0.3) is 22.2 Å². The van der Waals surface area contributed by atoms with E-state index in [1.165, 1.54) is 5.56 Å². The van der Waals surface area contributed by atoms with E-state index in [4.69, 9.17) is 9.47 Å². The Morgan fingerprint density at radius 2 is 1.97 bits per heavy atom.